The summed E-state index contributed by atoms with van der Waals surface area (Å²) >= 11 is 0. The van der Waals surface area contributed by atoms with Crippen molar-refractivity contribution in [1.82, 2.24) is 4.90 Å². The first kappa shape index (κ1) is 12.7. The molecule has 1 N–H and O–H groups in total. The van der Waals surface area contributed by atoms with Crippen molar-refractivity contribution >= 4 is 5.91 Å². The second-order valence-electron chi connectivity index (χ2n) is 3.86. The van der Waals surface area contributed by atoms with E-state index in [0.717, 1.165) is 0 Å². The third kappa shape index (κ3) is 2.73. The number of phenols is 1. The second-order valence-corrected chi connectivity index (χ2v) is 3.86. The lowest BCUT2D eigenvalue weighted by atomic mass is 10.1. The molecular formula is C11H10F3NO3. The first-order valence-electron chi connectivity index (χ1n) is 5.19. The van der Waals surface area contributed by atoms with E-state index in [2.05, 4.69) is 4.74 Å². The lowest BCUT2D eigenvalue weighted by molar-refractivity contribution is -0.324. The molecule has 0 bridgehead atoms. The van der Waals surface area contributed by atoms with Gasteiger partial charge in [0.25, 0.3) is 5.91 Å². The molecule has 0 unspecified atom stereocenters. The van der Waals surface area contributed by atoms with Gasteiger partial charge in [0.2, 0.25) is 0 Å². The van der Waals surface area contributed by atoms with E-state index in [9.17, 15) is 23.1 Å². The summed E-state index contributed by atoms with van der Waals surface area (Å²) in [4.78, 5) is 13.0. The van der Waals surface area contributed by atoms with E-state index in [-0.39, 0.29) is 24.7 Å². The number of hydrogen-bond acceptors (Lipinski definition) is 3. The fraction of sp³-hybridized carbons (Fsp3) is 0.364. The van der Waals surface area contributed by atoms with Gasteiger partial charge >= 0.3 is 6.36 Å². The zero-order chi connectivity index (χ0) is 13.3. The van der Waals surface area contributed by atoms with Crippen molar-refractivity contribution in [2.45, 2.75) is 12.9 Å². The van der Waals surface area contributed by atoms with Crippen molar-refractivity contribution in [3.05, 3.63) is 29.3 Å². The number of amides is 1. The van der Waals surface area contributed by atoms with Gasteiger partial charge in [0.15, 0.2) is 0 Å². The van der Waals surface area contributed by atoms with Gasteiger partial charge in [-0.1, -0.05) is 0 Å². The van der Waals surface area contributed by atoms with E-state index in [4.69, 9.17) is 0 Å². The number of fused-ring (bicyclic) bond motifs is 1. The van der Waals surface area contributed by atoms with Crippen molar-refractivity contribution < 1.29 is 27.8 Å². The Labute approximate surface area is 101 Å². The highest BCUT2D eigenvalue weighted by molar-refractivity contribution is 5.98. The standard InChI is InChI=1S/C11H10F3NO3/c12-11(13,14)18-4-3-15-6-7-5-8(16)1-2-9(7)10(15)17/h1-2,5,16H,3-4,6H2. The van der Waals surface area contributed by atoms with Gasteiger partial charge in [-0.3, -0.25) is 9.53 Å². The maximum atomic E-state index is 11.8. The smallest absolute Gasteiger partial charge is 0.508 e. The first-order chi connectivity index (χ1) is 8.37. The molecule has 7 heteroatoms. The molecule has 1 aromatic rings. The molecule has 1 amide bonds. The van der Waals surface area contributed by atoms with Gasteiger partial charge in [-0.25, -0.2) is 0 Å². The van der Waals surface area contributed by atoms with E-state index in [0.29, 0.717) is 11.1 Å². The van der Waals surface area contributed by atoms with Crippen LogP contribution in [0.3, 0.4) is 0 Å². The predicted molar refractivity (Wildman–Crippen MR) is 54.9 cm³/mol. The highest BCUT2D eigenvalue weighted by Gasteiger charge is 2.31. The van der Waals surface area contributed by atoms with Crippen LogP contribution < -0.4 is 0 Å². The summed E-state index contributed by atoms with van der Waals surface area (Å²) in [6.45, 7) is -0.563. The van der Waals surface area contributed by atoms with Crippen molar-refractivity contribution in [3.8, 4) is 5.75 Å². The molecule has 1 heterocycles. The molecule has 1 aromatic carbocycles. The molecule has 0 fully saturated rings. The van der Waals surface area contributed by atoms with Crippen LogP contribution in [0.1, 0.15) is 15.9 Å². The molecule has 0 saturated carbocycles. The molecule has 0 atom stereocenters. The molecule has 0 aromatic heterocycles. The number of hydrogen-bond donors (Lipinski definition) is 1. The molecule has 1 aliphatic heterocycles. The molecule has 18 heavy (non-hydrogen) atoms. The molecule has 0 saturated heterocycles. The monoisotopic (exact) mass is 261 g/mol. The van der Waals surface area contributed by atoms with E-state index >= 15 is 0 Å². The summed E-state index contributed by atoms with van der Waals surface area (Å²) < 4.78 is 39.0. The maximum Gasteiger partial charge on any atom is 0.522 e. The SMILES string of the molecule is O=C1c2ccc(O)cc2CN1CCOC(F)(F)F. The van der Waals surface area contributed by atoms with Crippen LogP contribution in [0.2, 0.25) is 0 Å². The van der Waals surface area contributed by atoms with Crippen molar-refractivity contribution in [1.29, 1.82) is 0 Å². The Kier molecular flexibility index (Phi) is 3.16. The summed E-state index contributed by atoms with van der Waals surface area (Å²) in [5.41, 5.74) is 1.01. The maximum absolute atomic E-state index is 11.8. The minimum absolute atomic E-state index is 0.0231. The fourth-order valence-electron chi connectivity index (χ4n) is 1.82. The summed E-state index contributed by atoms with van der Waals surface area (Å²) in [5.74, 6) is -0.328. The second kappa shape index (κ2) is 4.49. The summed E-state index contributed by atoms with van der Waals surface area (Å²) in [7, 11) is 0. The van der Waals surface area contributed by atoms with Gasteiger partial charge in [-0.05, 0) is 23.8 Å². The van der Waals surface area contributed by atoms with E-state index in [1.54, 1.807) is 0 Å². The summed E-state index contributed by atoms with van der Waals surface area (Å²) in [5, 5.41) is 9.25. The van der Waals surface area contributed by atoms with E-state index in [1.165, 1.54) is 23.1 Å². The largest absolute Gasteiger partial charge is 0.522 e. The Morgan fingerprint density at radius 3 is 2.78 bits per heavy atom. The summed E-state index contributed by atoms with van der Waals surface area (Å²) in [6.07, 6.45) is -4.69. The lowest BCUT2D eigenvalue weighted by Gasteiger charge is -2.16. The number of alkyl halides is 3. The quantitative estimate of drug-likeness (QED) is 0.903. The van der Waals surface area contributed by atoms with Gasteiger partial charge in [0.05, 0.1) is 6.61 Å². The number of halogens is 3. The molecule has 0 radical (unpaired) electrons. The van der Waals surface area contributed by atoms with Crippen LogP contribution in [-0.2, 0) is 11.3 Å². The number of carbonyl (C=O) groups excluding carboxylic acids is 1. The van der Waals surface area contributed by atoms with Crippen molar-refractivity contribution in [2.75, 3.05) is 13.2 Å². The number of rotatable bonds is 3. The Bertz CT molecular complexity index is 473. The normalized spacial score (nSPS) is 15.1. The first-order valence-corrected chi connectivity index (χ1v) is 5.19. The number of aromatic hydroxyl groups is 1. The third-order valence-electron chi connectivity index (χ3n) is 2.59. The summed E-state index contributed by atoms with van der Waals surface area (Å²) in [6, 6.07) is 4.25. The van der Waals surface area contributed by atoms with Crippen LogP contribution in [0, 0.1) is 0 Å². The minimum atomic E-state index is -4.69. The van der Waals surface area contributed by atoms with Gasteiger partial charge in [0, 0.05) is 18.7 Å². The molecule has 0 aliphatic carbocycles. The Morgan fingerprint density at radius 1 is 1.39 bits per heavy atom. The van der Waals surface area contributed by atoms with Crippen molar-refractivity contribution in [3.63, 3.8) is 0 Å². The van der Waals surface area contributed by atoms with Gasteiger partial charge < -0.3 is 10.0 Å². The molecule has 98 valence electrons. The van der Waals surface area contributed by atoms with E-state index < -0.39 is 13.0 Å². The predicted octanol–water partition coefficient (Wildman–Crippen LogP) is 1.88. The number of phenolic OH excluding ortho intramolecular Hbond substituents is 1. The average molecular weight is 261 g/mol. The number of carbonyl (C=O) groups is 1. The average Bonchev–Trinajstić information content (AvgIpc) is 2.53. The Hall–Kier alpha value is -1.76. The number of ether oxygens (including phenoxy) is 1. The van der Waals surface area contributed by atoms with Gasteiger partial charge in [0.1, 0.15) is 5.75 Å². The van der Waals surface area contributed by atoms with Crippen LogP contribution >= 0.6 is 0 Å². The van der Waals surface area contributed by atoms with E-state index in [1.807, 2.05) is 0 Å². The highest BCUT2D eigenvalue weighted by atomic mass is 19.4. The third-order valence-corrected chi connectivity index (χ3v) is 2.59. The van der Waals surface area contributed by atoms with Crippen LogP contribution in [0.4, 0.5) is 13.2 Å². The zero-order valence-electron chi connectivity index (χ0n) is 9.20. The molecule has 0 spiro atoms. The molecule has 4 nitrogen and oxygen atoms in total. The fourth-order valence-corrected chi connectivity index (χ4v) is 1.82. The minimum Gasteiger partial charge on any atom is -0.508 e. The van der Waals surface area contributed by atoms with Crippen molar-refractivity contribution in [2.24, 2.45) is 0 Å². The lowest BCUT2D eigenvalue weighted by Crippen LogP contribution is -2.30. The number of benzene rings is 1. The van der Waals surface area contributed by atoms with Crippen LogP contribution in [0.25, 0.3) is 0 Å². The highest BCUT2D eigenvalue weighted by Crippen LogP contribution is 2.26. The molecule has 1 aliphatic rings. The van der Waals surface area contributed by atoms with Gasteiger partial charge in [-0.2, -0.15) is 0 Å². The molecule has 2 rings (SSSR count). The Morgan fingerprint density at radius 2 is 2.11 bits per heavy atom. The molecular weight excluding hydrogens is 251 g/mol. The number of nitrogens with zero attached hydrogens (tertiary/aromatic N) is 1. The van der Waals surface area contributed by atoms with Gasteiger partial charge in [-0.15, -0.1) is 13.2 Å². The zero-order valence-corrected chi connectivity index (χ0v) is 9.20. The van der Waals surface area contributed by atoms with Crippen LogP contribution in [0.5, 0.6) is 5.75 Å². The topological polar surface area (TPSA) is 49.8 Å². The van der Waals surface area contributed by atoms with Crippen LogP contribution in [0.15, 0.2) is 18.2 Å². The Balaban J connectivity index is 1.97. The van der Waals surface area contributed by atoms with Crippen LogP contribution in [-0.4, -0.2) is 35.4 Å².